The summed E-state index contributed by atoms with van der Waals surface area (Å²) < 4.78 is 39.7. The van der Waals surface area contributed by atoms with Crippen molar-refractivity contribution >= 4 is 22.1 Å². The average Bonchev–Trinajstić information content (AvgIpc) is 3.26. The van der Waals surface area contributed by atoms with Gasteiger partial charge in [-0.05, 0) is 43.2 Å². The number of para-hydroxylation sites is 1. The Kier molecular flexibility index (Phi) is 5.06. The Bertz CT molecular complexity index is 1060. The van der Waals surface area contributed by atoms with Crippen LogP contribution < -0.4 is 14.2 Å². The second-order valence-electron chi connectivity index (χ2n) is 7.10. The molecule has 0 radical (unpaired) electrons. The standard InChI is InChI=1S/C21H21NO6S/c1-27-14-6-8-15(9-7-14)29(25,26)22-17-10-11-18-20(17)16-4-2-3-13(21(16)28-18)5-12-19(23)24/h2-9,12,17-18,20,22H,10-11H2,1H3,(H,23,24)/b12-5+. The molecule has 1 saturated carbocycles. The maximum atomic E-state index is 12.9. The number of methoxy groups -OCH3 is 1. The largest absolute Gasteiger partial charge is 0.497 e. The normalized spacial score (nSPS) is 22.9. The summed E-state index contributed by atoms with van der Waals surface area (Å²) in [5.41, 5.74) is 1.58. The lowest BCUT2D eigenvalue weighted by Gasteiger charge is -2.19. The van der Waals surface area contributed by atoms with Gasteiger partial charge in [0.25, 0.3) is 0 Å². The highest BCUT2D eigenvalue weighted by atomic mass is 32.2. The molecule has 2 aromatic carbocycles. The predicted octanol–water partition coefficient (Wildman–Crippen LogP) is 2.78. The number of benzene rings is 2. The molecule has 1 fully saturated rings. The Hall–Kier alpha value is -2.84. The number of hydrogen-bond acceptors (Lipinski definition) is 5. The van der Waals surface area contributed by atoms with E-state index in [4.69, 9.17) is 14.6 Å². The number of sulfonamides is 1. The highest BCUT2D eigenvalue weighted by Crippen LogP contribution is 2.49. The van der Waals surface area contributed by atoms with Crippen LogP contribution in [0.25, 0.3) is 6.08 Å². The van der Waals surface area contributed by atoms with E-state index in [-0.39, 0.29) is 23.0 Å². The minimum atomic E-state index is -3.69. The van der Waals surface area contributed by atoms with Gasteiger partial charge in [0.05, 0.1) is 12.0 Å². The van der Waals surface area contributed by atoms with Crippen LogP contribution in [0.1, 0.15) is 29.9 Å². The number of fused-ring (bicyclic) bond motifs is 3. The van der Waals surface area contributed by atoms with Crippen molar-refractivity contribution in [3.8, 4) is 11.5 Å². The topological polar surface area (TPSA) is 102 Å². The molecule has 0 spiro atoms. The first-order chi connectivity index (χ1) is 13.9. The van der Waals surface area contributed by atoms with Crippen LogP contribution in [0.4, 0.5) is 0 Å². The van der Waals surface area contributed by atoms with E-state index in [1.54, 1.807) is 18.2 Å². The Morgan fingerprint density at radius 1 is 1.21 bits per heavy atom. The third-order valence-corrected chi connectivity index (χ3v) is 6.89. The molecule has 3 unspecified atom stereocenters. The Balaban J connectivity index is 1.60. The number of carboxylic acid groups (broad SMARTS) is 1. The molecule has 8 heteroatoms. The van der Waals surface area contributed by atoms with Gasteiger partial charge in [0.1, 0.15) is 17.6 Å². The lowest BCUT2D eigenvalue weighted by Crippen LogP contribution is -2.37. The zero-order valence-corrected chi connectivity index (χ0v) is 16.6. The molecule has 1 aliphatic carbocycles. The van der Waals surface area contributed by atoms with Crippen molar-refractivity contribution in [1.29, 1.82) is 0 Å². The molecular weight excluding hydrogens is 394 g/mol. The number of rotatable bonds is 6. The average molecular weight is 415 g/mol. The van der Waals surface area contributed by atoms with E-state index in [1.165, 1.54) is 25.3 Å². The van der Waals surface area contributed by atoms with Crippen LogP contribution in [0.5, 0.6) is 11.5 Å². The molecule has 0 bridgehead atoms. The van der Waals surface area contributed by atoms with Gasteiger partial charge < -0.3 is 14.6 Å². The van der Waals surface area contributed by atoms with E-state index in [2.05, 4.69) is 4.72 Å². The molecule has 1 heterocycles. The molecule has 2 aromatic rings. The molecule has 0 aromatic heterocycles. The van der Waals surface area contributed by atoms with E-state index in [1.807, 2.05) is 12.1 Å². The molecule has 0 amide bonds. The molecule has 3 atom stereocenters. The van der Waals surface area contributed by atoms with Crippen LogP contribution in [-0.2, 0) is 14.8 Å². The number of hydrogen-bond donors (Lipinski definition) is 2. The molecule has 2 aliphatic rings. The lowest BCUT2D eigenvalue weighted by molar-refractivity contribution is -0.131. The van der Waals surface area contributed by atoms with Crippen molar-refractivity contribution in [1.82, 2.24) is 4.72 Å². The van der Waals surface area contributed by atoms with Crippen LogP contribution in [0.3, 0.4) is 0 Å². The Morgan fingerprint density at radius 2 is 1.97 bits per heavy atom. The highest BCUT2D eigenvalue weighted by Gasteiger charge is 2.46. The fourth-order valence-electron chi connectivity index (χ4n) is 4.08. The minimum Gasteiger partial charge on any atom is -0.497 e. The van der Waals surface area contributed by atoms with Gasteiger partial charge in [-0.15, -0.1) is 0 Å². The fourth-order valence-corrected chi connectivity index (χ4v) is 5.37. The zero-order valence-electron chi connectivity index (χ0n) is 15.7. The van der Waals surface area contributed by atoms with E-state index in [0.29, 0.717) is 23.5 Å². The molecule has 29 heavy (non-hydrogen) atoms. The number of nitrogens with one attached hydrogen (secondary N) is 1. The Labute approximate surface area is 169 Å². The summed E-state index contributed by atoms with van der Waals surface area (Å²) >= 11 is 0. The van der Waals surface area contributed by atoms with Crippen molar-refractivity contribution < 1.29 is 27.8 Å². The van der Waals surface area contributed by atoms with Crippen LogP contribution >= 0.6 is 0 Å². The monoisotopic (exact) mass is 415 g/mol. The molecule has 7 nitrogen and oxygen atoms in total. The molecule has 1 aliphatic heterocycles. The van der Waals surface area contributed by atoms with Gasteiger partial charge in [0.2, 0.25) is 10.0 Å². The van der Waals surface area contributed by atoms with Crippen molar-refractivity contribution in [3.05, 3.63) is 59.7 Å². The summed E-state index contributed by atoms with van der Waals surface area (Å²) in [7, 11) is -2.17. The molecule has 4 rings (SSSR count). The van der Waals surface area contributed by atoms with Crippen molar-refractivity contribution in [3.63, 3.8) is 0 Å². The minimum absolute atomic E-state index is 0.115. The van der Waals surface area contributed by atoms with Crippen LogP contribution in [0, 0.1) is 0 Å². The van der Waals surface area contributed by atoms with E-state index < -0.39 is 16.0 Å². The third kappa shape index (κ3) is 3.73. The predicted molar refractivity (Wildman–Crippen MR) is 107 cm³/mol. The SMILES string of the molecule is COc1ccc(S(=O)(=O)NC2CCC3Oc4c(/C=C/C(=O)O)cccc4C23)cc1. The van der Waals surface area contributed by atoms with Gasteiger partial charge >= 0.3 is 5.97 Å². The van der Waals surface area contributed by atoms with Gasteiger partial charge in [-0.3, -0.25) is 0 Å². The lowest BCUT2D eigenvalue weighted by atomic mass is 9.93. The van der Waals surface area contributed by atoms with Gasteiger partial charge in [0.15, 0.2) is 0 Å². The van der Waals surface area contributed by atoms with E-state index in [9.17, 15) is 13.2 Å². The summed E-state index contributed by atoms with van der Waals surface area (Å²) in [4.78, 5) is 11.0. The number of aliphatic carboxylic acids is 1. The maximum absolute atomic E-state index is 12.9. The summed E-state index contributed by atoms with van der Waals surface area (Å²) in [6.45, 7) is 0. The van der Waals surface area contributed by atoms with E-state index >= 15 is 0 Å². The quantitative estimate of drug-likeness (QED) is 0.704. The van der Waals surface area contributed by atoms with Crippen molar-refractivity contribution in [2.45, 2.75) is 35.8 Å². The molecular formula is C21H21NO6S. The molecule has 2 N–H and O–H groups in total. The zero-order chi connectivity index (χ0) is 20.6. The van der Waals surface area contributed by atoms with Crippen molar-refractivity contribution in [2.75, 3.05) is 7.11 Å². The fraction of sp³-hybridized carbons (Fsp3) is 0.286. The number of carboxylic acids is 1. The van der Waals surface area contributed by atoms with Crippen molar-refractivity contribution in [2.24, 2.45) is 0 Å². The highest BCUT2D eigenvalue weighted by molar-refractivity contribution is 7.89. The molecule has 0 saturated heterocycles. The number of carbonyl (C=O) groups is 1. The van der Waals surface area contributed by atoms with Gasteiger partial charge in [-0.25, -0.2) is 17.9 Å². The summed E-state index contributed by atoms with van der Waals surface area (Å²) in [5.74, 6) is 0.0698. The summed E-state index contributed by atoms with van der Waals surface area (Å²) in [6.07, 6.45) is 3.82. The second-order valence-corrected chi connectivity index (χ2v) is 8.81. The van der Waals surface area contributed by atoms with Crippen LogP contribution in [0.2, 0.25) is 0 Å². The smallest absolute Gasteiger partial charge is 0.328 e. The van der Waals surface area contributed by atoms with Gasteiger partial charge in [-0.1, -0.05) is 18.2 Å². The van der Waals surface area contributed by atoms with E-state index in [0.717, 1.165) is 18.1 Å². The van der Waals surface area contributed by atoms with Crippen LogP contribution in [-0.4, -0.2) is 38.7 Å². The molecule has 152 valence electrons. The first kappa shape index (κ1) is 19.5. The van der Waals surface area contributed by atoms with Gasteiger partial charge in [-0.2, -0.15) is 0 Å². The van der Waals surface area contributed by atoms with Crippen LogP contribution in [0.15, 0.2) is 53.4 Å². The first-order valence-corrected chi connectivity index (χ1v) is 10.7. The third-order valence-electron chi connectivity index (χ3n) is 5.38. The van der Waals surface area contributed by atoms with Gasteiger partial charge in [0, 0.05) is 29.2 Å². The summed E-state index contributed by atoms with van der Waals surface area (Å²) in [5, 5.41) is 8.88. The second kappa shape index (κ2) is 7.53. The number of ether oxygens (including phenoxy) is 2. The summed E-state index contributed by atoms with van der Waals surface area (Å²) in [6, 6.07) is 11.5. The maximum Gasteiger partial charge on any atom is 0.328 e. The first-order valence-electron chi connectivity index (χ1n) is 9.26. The Morgan fingerprint density at radius 3 is 2.66 bits per heavy atom.